The van der Waals surface area contributed by atoms with E-state index in [1.54, 1.807) is 6.92 Å². The first-order valence-electron chi connectivity index (χ1n) is 6.74. The van der Waals surface area contributed by atoms with E-state index in [4.69, 9.17) is 5.11 Å². The van der Waals surface area contributed by atoms with Crippen LogP contribution in [0.5, 0.6) is 0 Å². The average Bonchev–Trinajstić information content (AvgIpc) is 2.76. The second-order valence-electron chi connectivity index (χ2n) is 5.15. The van der Waals surface area contributed by atoms with E-state index < -0.39 is 5.97 Å². The number of carbonyl (C=O) groups is 2. The molecule has 0 spiro atoms. The van der Waals surface area contributed by atoms with Gasteiger partial charge in [-0.05, 0) is 6.92 Å². The number of nitrogens with one attached hydrogen (secondary N) is 1. The normalized spacial score (nSPS) is 22.1. The fourth-order valence-electron chi connectivity index (χ4n) is 2.33. The molecule has 0 aromatic carbocycles. The molecule has 0 radical (unpaired) electrons. The zero-order valence-corrected chi connectivity index (χ0v) is 13.9. The number of hydrogen-bond donors (Lipinski definition) is 2. The summed E-state index contributed by atoms with van der Waals surface area (Å²) in [5.74, 6) is -0.974. The number of nitrogens with zero attached hydrogens (tertiary/aromatic N) is 2. The largest absolute Gasteiger partial charge is 0.477 e. The first-order valence-corrected chi connectivity index (χ1v) is 8.50. The number of carbonyl (C=O) groups excluding carboxylic acids is 1. The van der Waals surface area contributed by atoms with Crippen LogP contribution in [0.3, 0.4) is 0 Å². The van der Waals surface area contributed by atoms with Crippen LogP contribution >= 0.6 is 23.1 Å². The molecule has 0 bridgehead atoms. The zero-order valence-electron chi connectivity index (χ0n) is 12.3. The average molecular weight is 329 g/mol. The van der Waals surface area contributed by atoms with Crippen LogP contribution in [0.15, 0.2) is 0 Å². The van der Waals surface area contributed by atoms with Crippen LogP contribution in [0.2, 0.25) is 0 Å². The van der Waals surface area contributed by atoms with Crippen molar-refractivity contribution in [1.82, 2.24) is 15.2 Å². The van der Waals surface area contributed by atoms with Crippen LogP contribution < -0.4 is 5.32 Å². The number of aryl methyl sites for hydroxylation is 1. The summed E-state index contributed by atoms with van der Waals surface area (Å²) in [6.07, 6.45) is 0. The van der Waals surface area contributed by atoms with E-state index in [1.165, 1.54) is 0 Å². The Morgan fingerprint density at radius 1 is 1.38 bits per heavy atom. The van der Waals surface area contributed by atoms with Crippen LogP contribution in [0.25, 0.3) is 0 Å². The number of hydrogen-bond acceptors (Lipinski definition) is 5. The minimum absolute atomic E-state index is 0.112. The van der Waals surface area contributed by atoms with Gasteiger partial charge in [0.05, 0.1) is 12.2 Å². The molecular formula is C13H19N3O3S2. The molecule has 0 saturated carbocycles. The topological polar surface area (TPSA) is 82.5 Å². The number of aromatic nitrogens is 1. The molecule has 21 heavy (non-hydrogen) atoms. The maximum atomic E-state index is 12.2. The lowest BCUT2D eigenvalue weighted by molar-refractivity contribution is 0.0701. The van der Waals surface area contributed by atoms with Crippen molar-refractivity contribution >= 4 is 35.1 Å². The Kier molecular flexibility index (Phi) is 5.10. The molecule has 1 aromatic rings. The predicted molar refractivity (Wildman–Crippen MR) is 84.1 cm³/mol. The standard InChI is InChI=1S/C13H19N3O3S2/c1-7-5-16(6-8(2)20-7)13(19)14-4-10-15-9(3)11(21-10)12(17)18/h7-8H,4-6H2,1-3H3,(H,14,19)(H,17,18). The van der Waals surface area contributed by atoms with Crippen LogP contribution in [-0.2, 0) is 6.54 Å². The number of thioether (sulfide) groups is 1. The number of thiazole rings is 1. The molecule has 2 rings (SSSR count). The Morgan fingerprint density at radius 3 is 2.52 bits per heavy atom. The molecule has 2 atom stereocenters. The first kappa shape index (κ1) is 16.1. The summed E-state index contributed by atoms with van der Waals surface area (Å²) in [4.78, 5) is 29.3. The van der Waals surface area contributed by atoms with Crippen LogP contribution in [0, 0.1) is 6.92 Å². The van der Waals surface area contributed by atoms with Crippen molar-refractivity contribution in [1.29, 1.82) is 0 Å². The first-order chi connectivity index (χ1) is 9.86. The van der Waals surface area contributed by atoms with Crippen LogP contribution in [0.1, 0.15) is 34.2 Å². The Morgan fingerprint density at radius 2 is 2.00 bits per heavy atom. The summed E-state index contributed by atoms with van der Waals surface area (Å²) in [7, 11) is 0. The van der Waals surface area contributed by atoms with Gasteiger partial charge in [-0.1, -0.05) is 13.8 Å². The number of amides is 2. The van der Waals surface area contributed by atoms with E-state index in [1.807, 2.05) is 16.7 Å². The maximum absolute atomic E-state index is 12.2. The number of carboxylic acids is 1. The highest BCUT2D eigenvalue weighted by Gasteiger charge is 2.25. The number of carboxylic acid groups (broad SMARTS) is 1. The van der Waals surface area contributed by atoms with Gasteiger partial charge in [-0.25, -0.2) is 14.6 Å². The Bertz CT molecular complexity index is 537. The van der Waals surface area contributed by atoms with Gasteiger partial charge < -0.3 is 15.3 Å². The van der Waals surface area contributed by atoms with Crippen molar-refractivity contribution < 1.29 is 14.7 Å². The highest BCUT2D eigenvalue weighted by atomic mass is 32.2. The molecule has 1 aromatic heterocycles. The van der Waals surface area contributed by atoms with E-state index in [9.17, 15) is 9.59 Å². The van der Waals surface area contributed by atoms with Crippen molar-refractivity contribution in [2.75, 3.05) is 13.1 Å². The summed E-state index contributed by atoms with van der Waals surface area (Å²) >= 11 is 3.00. The molecule has 2 unspecified atom stereocenters. The highest BCUT2D eigenvalue weighted by Crippen LogP contribution is 2.24. The number of rotatable bonds is 3. The van der Waals surface area contributed by atoms with E-state index >= 15 is 0 Å². The molecule has 1 fully saturated rings. The molecule has 2 amide bonds. The summed E-state index contributed by atoms with van der Waals surface area (Å²) in [5.41, 5.74) is 0.494. The van der Waals surface area contributed by atoms with Crippen molar-refractivity contribution in [3.05, 3.63) is 15.6 Å². The van der Waals surface area contributed by atoms with Crippen molar-refractivity contribution in [2.24, 2.45) is 0 Å². The molecule has 2 heterocycles. The van der Waals surface area contributed by atoms with E-state index in [2.05, 4.69) is 24.1 Å². The maximum Gasteiger partial charge on any atom is 0.347 e. The second kappa shape index (κ2) is 6.65. The minimum Gasteiger partial charge on any atom is -0.477 e. The third-order valence-electron chi connectivity index (χ3n) is 3.13. The smallest absolute Gasteiger partial charge is 0.347 e. The summed E-state index contributed by atoms with van der Waals surface area (Å²) in [6.45, 7) is 7.63. The fraction of sp³-hybridized carbons (Fsp3) is 0.615. The lowest BCUT2D eigenvalue weighted by Gasteiger charge is -2.34. The molecular weight excluding hydrogens is 310 g/mol. The summed E-state index contributed by atoms with van der Waals surface area (Å²) in [5, 5.41) is 13.3. The van der Waals surface area contributed by atoms with Gasteiger partial charge in [-0.2, -0.15) is 11.8 Å². The van der Waals surface area contributed by atoms with Gasteiger partial charge in [0, 0.05) is 23.6 Å². The summed E-state index contributed by atoms with van der Waals surface area (Å²) in [6, 6.07) is -0.112. The van der Waals surface area contributed by atoms with Gasteiger partial charge in [0.25, 0.3) is 0 Å². The SMILES string of the molecule is Cc1nc(CNC(=O)N2CC(C)SC(C)C2)sc1C(=O)O. The van der Waals surface area contributed by atoms with E-state index in [0.717, 1.165) is 24.4 Å². The molecule has 1 aliphatic rings. The Balaban J connectivity index is 1.92. The molecule has 6 nitrogen and oxygen atoms in total. The third-order valence-corrected chi connectivity index (χ3v) is 5.51. The van der Waals surface area contributed by atoms with Crippen LogP contribution in [-0.4, -0.2) is 50.6 Å². The molecule has 2 N–H and O–H groups in total. The van der Waals surface area contributed by atoms with Gasteiger partial charge in [-0.15, -0.1) is 11.3 Å². The van der Waals surface area contributed by atoms with Gasteiger partial charge >= 0.3 is 12.0 Å². The summed E-state index contributed by atoms with van der Waals surface area (Å²) < 4.78 is 0. The second-order valence-corrected chi connectivity index (χ2v) is 8.11. The third kappa shape index (κ3) is 4.10. The Labute approximate surface area is 131 Å². The van der Waals surface area contributed by atoms with Crippen molar-refractivity contribution in [2.45, 2.75) is 37.8 Å². The van der Waals surface area contributed by atoms with Crippen LogP contribution in [0.4, 0.5) is 4.79 Å². The van der Waals surface area contributed by atoms with Gasteiger partial charge in [-0.3, -0.25) is 0 Å². The lowest BCUT2D eigenvalue weighted by Crippen LogP contribution is -2.48. The number of urea groups is 1. The van der Waals surface area contributed by atoms with E-state index in [-0.39, 0.29) is 17.5 Å². The van der Waals surface area contributed by atoms with Crippen molar-refractivity contribution in [3.8, 4) is 0 Å². The predicted octanol–water partition coefficient (Wildman–Crippen LogP) is 2.19. The molecule has 0 aliphatic carbocycles. The van der Waals surface area contributed by atoms with Gasteiger partial charge in [0.15, 0.2) is 0 Å². The molecule has 1 saturated heterocycles. The highest BCUT2D eigenvalue weighted by molar-refractivity contribution is 8.00. The quantitative estimate of drug-likeness (QED) is 0.888. The van der Waals surface area contributed by atoms with Crippen molar-refractivity contribution in [3.63, 3.8) is 0 Å². The fourth-order valence-corrected chi connectivity index (χ4v) is 4.50. The van der Waals surface area contributed by atoms with Gasteiger partial charge in [0.1, 0.15) is 9.88 Å². The molecule has 116 valence electrons. The molecule has 1 aliphatic heterocycles. The molecule has 8 heteroatoms. The Hall–Kier alpha value is -1.28. The van der Waals surface area contributed by atoms with Gasteiger partial charge in [0.2, 0.25) is 0 Å². The minimum atomic E-state index is -0.974. The lowest BCUT2D eigenvalue weighted by atomic mass is 10.3. The monoisotopic (exact) mass is 329 g/mol. The number of aromatic carboxylic acids is 1. The van der Waals surface area contributed by atoms with E-state index in [0.29, 0.717) is 21.2 Å². The zero-order chi connectivity index (χ0) is 15.6.